The van der Waals surface area contributed by atoms with Crippen LogP contribution >= 0.6 is 0 Å². The molecule has 152 valence electrons. The van der Waals surface area contributed by atoms with E-state index in [1.54, 1.807) is 11.6 Å². The van der Waals surface area contributed by atoms with E-state index in [9.17, 15) is 4.79 Å². The highest BCUT2D eigenvalue weighted by molar-refractivity contribution is 6.24. The van der Waals surface area contributed by atoms with Gasteiger partial charge in [0.15, 0.2) is 0 Å². The van der Waals surface area contributed by atoms with Crippen molar-refractivity contribution in [3.63, 3.8) is 0 Å². The first-order chi connectivity index (χ1) is 15.2. The predicted molar refractivity (Wildman–Crippen MR) is 118 cm³/mol. The summed E-state index contributed by atoms with van der Waals surface area (Å²) < 4.78 is 8.81. The molecule has 0 aliphatic carbocycles. The summed E-state index contributed by atoms with van der Waals surface area (Å²) in [6.45, 7) is 1.92. The zero-order valence-electron chi connectivity index (χ0n) is 17.0. The van der Waals surface area contributed by atoms with Gasteiger partial charge in [-0.05, 0) is 43.3 Å². The first-order valence-electron chi connectivity index (χ1n) is 9.93. The lowest BCUT2D eigenvalue weighted by Gasteiger charge is -2.06. The van der Waals surface area contributed by atoms with Crippen LogP contribution in [0.25, 0.3) is 28.3 Å². The monoisotopic (exact) mass is 409 g/mol. The molecule has 0 saturated heterocycles. The van der Waals surface area contributed by atoms with Gasteiger partial charge in [-0.1, -0.05) is 59.3 Å². The molecule has 6 nitrogen and oxygen atoms in total. The maximum Gasteiger partial charge on any atom is 0.354 e. The molecule has 0 spiro atoms. The molecule has 0 atom stereocenters. The quantitative estimate of drug-likeness (QED) is 0.226. The average molecular weight is 409 g/mol. The number of para-hydroxylation sites is 2. The van der Waals surface area contributed by atoms with Gasteiger partial charge in [0.05, 0.1) is 17.3 Å². The molecule has 0 amide bonds. The van der Waals surface area contributed by atoms with Crippen molar-refractivity contribution in [3.8, 4) is 22.8 Å². The van der Waals surface area contributed by atoms with E-state index in [1.807, 2.05) is 95.6 Å². The fraction of sp³-hybridized carbons (Fsp3) is 0.0800. The molecule has 1 aromatic heterocycles. The number of benzene rings is 3. The Hall–Kier alpha value is -4.28. The van der Waals surface area contributed by atoms with Crippen molar-refractivity contribution in [2.75, 3.05) is 6.61 Å². The van der Waals surface area contributed by atoms with Crippen LogP contribution in [0.1, 0.15) is 12.7 Å². The van der Waals surface area contributed by atoms with E-state index in [0.717, 1.165) is 22.8 Å². The van der Waals surface area contributed by atoms with Crippen LogP contribution < -0.4 is 4.57 Å². The molecule has 4 rings (SSSR count). The van der Waals surface area contributed by atoms with Gasteiger partial charge in [0.25, 0.3) is 5.82 Å². The van der Waals surface area contributed by atoms with Crippen molar-refractivity contribution in [1.82, 2.24) is 9.78 Å². The molecular weight excluding hydrogens is 388 g/mol. The van der Waals surface area contributed by atoms with Crippen molar-refractivity contribution in [3.05, 3.63) is 96.8 Å². The number of aromatic nitrogens is 3. The van der Waals surface area contributed by atoms with Crippen LogP contribution in [-0.4, -0.2) is 28.2 Å². The van der Waals surface area contributed by atoms with Gasteiger partial charge in [-0.15, -0.1) is 0 Å². The van der Waals surface area contributed by atoms with Crippen molar-refractivity contribution >= 4 is 17.4 Å². The molecule has 0 radical (unpaired) electrons. The van der Waals surface area contributed by atoms with Gasteiger partial charge in [-0.3, -0.25) is 5.41 Å². The molecule has 1 N–H and O–H groups in total. The van der Waals surface area contributed by atoms with E-state index in [0.29, 0.717) is 0 Å². The van der Waals surface area contributed by atoms with Gasteiger partial charge in [0.2, 0.25) is 5.57 Å². The zero-order valence-corrected chi connectivity index (χ0v) is 17.0. The Morgan fingerprint density at radius 3 is 2.13 bits per heavy atom. The first-order valence-corrected chi connectivity index (χ1v) is 9.93. The fourth-order valence-corrected chi connectivity index (χ4v) is 3.35. The van der Waals surface area contributed by atoms with E-state index in [-0.39, 0.29) is 18.0 Å². The van der Waals surface area contributed by atoms with Crippen LogP contribution in [0.3, 0.4) is 0 Å². The van der Waals surface area contributed by atoms with Gasteiger partial charge < -0.3 is 4.74 Å². The number of nitrogens with zero attached hydrogens (tertiary/aromatic N) is 3. The topological polar surface area (TPSA) is 71.8 Å². The van der Waals surface area contributed by atoms with Gasteiger partial charge >= 0.3 is 11.8 Å². The summed E-state index contributed by atoms with van der Waals surface area (Å²) in [6, 6.07) is 29.1. The van der Waals surface area contributed by atoms with E-state index >= 15 is 0 Å². The number of esters is 1. The second-order valence-corrected chi connectivity index (χ2v) is 6.65. The zero-order chi connectivity index (χ0) is 21.6. The lowest BCUT2D eigenvalue weighted by molar-refractivity contribution is -0.586. The number of carbonyl (C=O) groups excluding carboxylic acids is 1. The third kappa shape index (κ3) is 3.92. The minimum Gasteiger partial charge on any atom is -0.462 e. The largest absolute Gasteiger partial charge is 0.462 e. The molecule has 0 aliphatic rings. The summed E-state index contributed by atoms with van der Waals surface area (Å²) in [6.07, 6.45) is 0. The van der Waals surface area contributed by atoms with Crippen LogP contribution in [0.15, 0.2) is 91.0 Å². The van der Waals surface area contributed by atoms with E-state index in [1.165, 1.54) is 0 Å². The van der Waals surface area contributed by atoms with E-state index in [4.69, 9.17) is 15.2 Å². The van der Waals surface area contributed by atoms with Gasteiger partial charge in [-0.2, -0.15) is 4.57 Å². The molecule has 31 heavy (non-hydrogen) atoms. The number of nitrogens with one attached hydrogen (secondary N) is 1. The highest BCUT2D eigenvalue weighted by Gasteiger charge is 2.35. The Kier molecular flexibility index (Phi) is 5.83. The summed E-state index contributed by atoms with van der Waals surface area (Å²) in [5, 5.41) is 12.6. The molecule has 0 unspecified atom stereocenters. The third-order valence-corrected chi connectivity index (χ3v) is 4.69. The molecular formula is C25H21N4O2+. The number of hydrogen-bond acceptors (Lipinski definition) is 4. The Labute approximate surface area is 180 Å². The second-order valence-electron chi connectivity index (χ2n) is 6.65. The molecule has 3 aromatic carbocycles. The standard InChI is InChI=1S/C25H21N4O2/c1-2-31-25(30)22(18-26)23-27-29(21-16-10-5-11-17-21)24(19-12-6-3-7-13-19)28(23)20-14-8-4-9-15-20/h3-17,26H,2H2,1H3/q+1. The van der Waals surface area contributed by atoms with Crippen molar-refractivity contribution in [2.24, 2.45) is 0 Å². The minimum atomic E-state index is -0.639. The summed E-state index contributed by atoms with van der Waals surface area (Å²) >= 11 is 0. The minimum absolute atomic E-state index is 0.0439. The van der Waals surface area contributed by atoms with E-state index < -0.39 is 5.97 Å². The molecule has 0 bridgehead atoms. The maximum atomic E-state index is 12.6. The smallest absolute Gasteiger partial charge is 0.354 e. The molecule has 6 heteroatoms. The van der Waals surface area contributed by atoms with Crippen LogP contribution in [0.4, 0.5) is 0 Å². The predicted octanol–water partition coefficient (Wildman–Crippen LogP) is 4.01. The lowest BCUT2D eigenvalue weighted by atomic mass is 10.2. The Balaban J connectivity index is 2.10. The fourth-order valence-electron chi connectivity index (χ4n) is 3.35. The second kappa shape index (κ2) is 9.03. The third-order valence-electron chi connectivity index (χ3n) is 4.69. The van der Waals surface area contributed by atoms with E-state index in [2.05, 4.69) is 5.87 Å². The van der Waals surface area contributed by atoms with Crippen LogP contribution in [0.5, 0.6) is 0 Å². The molecule has 0 aliphatic heterocycles. The summed E-state index contributed by atoms with van der Waals surface area (Å²) in [4.78, 5) is 12.6. The summed E-state index contributed by atoms with van der Waals surface area (Å²) in [5.74, 6) is 2.63. The highest BCUT2D eigenvalue weighted by atomic mass is 16.5. The first kappa shape index (κ1) is 20.0. The average Bonchev–Trinajstić information content (AvgIpc) is 3.22. The number of carbonyl (C=O) groups is 1. The highest BCUT2D eigenvalue weighted by Crippen LogP contribution is 2.24. The normalized spacial score (nSPS) is 10.4. The van der Waals surface area contributed by atoms with Crippen LogP contribution in [0.2, 0.25) is 0 Å². The Morgan fingerprint density at radius 2 is 1.55 bits per heavy atom. The van der Waals surface area contributed by atoms with Crippen LogP contribution in [0, 0.1) is 5.41 Å². The Morgan fingerprint density at radius 1 is 0.968 bits per heavy atom. The summed E-state index contributed by atoms with van der Waals surface area (Å²) in [7, 11) is 0. The number of rotatable bonds is 6. The van der Waals surface area contributed by atoms with Gasteiger partial charge in [0.1, 0.15) is 11.4 Å². The van der Waals surface area contributed by atoms with Crippen LogP contribution in [-0.2, 0) is 9.53 Å². The maximum absolute atomic E-state index is 12.6. The number of ether oxygens (including phenoxy) is 1. The van der Waals surface area contributed by atoms with Gasteiger partial charge in [0, 0.05) is 5.87 Å². The van der Waals surface area contributed by atoms with Crippen molar-refractivity contribution in [2.45, 2.75) is 6.92 Å². The van der Waals surface area contributed by atoms with Crippen molar-refractivity contribution < 1.29 is 14.1 Å². The lowest BCUT2D eigenvalue weighted by Crippen LogP contribution is -2.37. The summed E-state index contributed by atoms with van der Waals surface area (Å²) in [5.41, 5.74) is 2.49. The SMILES string of the molecule is CCOC(=O)C(=C=N)c1nn(-c2ccccc2)c(-c2ccccc2)[n+]1-c1ccccc1. The number of hydrogen-bond donors (Lipinski definition) is 1. The van der Waals surface area contributed by atoms with Crippen molar-refractivity contribution in [1.29, 1.82) is 5.41 Å². The molecule has 0 saturated carbocycles. The molecule has 0 fully saturated rings. The van der Waals surface area contributed by atoms with Gasteiger partial charge in [-0.25, -0.2) is 4.79 Å². The molecule has 1 heterocycles. The Bertz CT molecular complexity index is 1240. The molecule has 4 aromatic rings.